The summed E-state index contributed by atoms with van der Waals surface area (Å²) in [6, 6.07) is 7.64. The van der Waals surface area contributed by atoms with Gasteiger partial charge >= 0.3 is 0 Å². The van der Waals surface area contributed by atoms with Crippen molar-refractivity contribution in [3.8, 4) is 0 Å². The van der Waals surface area contributed by atoms with E-state index >= 15 is 0 Å². The first kappa shape index (κ1) is 17.8. The first-order valence-corrected chi connectivity index (χ1v) is 8.69. The first-order valence-electron chi connectivity index (χ1n) is 8.69. The van der Waals surface area contributed by atoms with Gasteiger partial charge in [-0.2, -0.15) is 0 Å². The van der Waals surface area contributed by atoms with Gasteiger partial charge in [0.25, 0.3) is 5.91 Å². The van der Waals surface area contributed by atoms with Crippen LogP contribution in [-0.2, 0) is 0 Å². The van der Waals surface area contributed by atoms with Crippen LogP contribution in [0.5, 0.6) is 0 Å². The van der Waals surface area contributed by atoms with Crippen molar-refractivity contribution >= 4 is 11.6 Å². The molecule has 1 aromatic rings. The molecule has 23 heavy (non-hydrogen) atoms. The number of rotatable bonds is 8. The molecule has 1 aromatic carbocycles. The molecule has 0 saturated carbocycles. The fourth-order valence-corrected chi connectivity index (χ4v) is 3.02. The minimum absolute atomic E-state index is 0.0279. The molecule has 1 fully saturated rings. The number of carbonyl (C=O) groups excluding carboxylic acids is 1. The molecule has 5 nitrogen and oxygen atoms in total. The van der Waals surface area contributed by atoms with Crippen molar-refractivity contribution in [2.75, 3.05) is 44.6 Å². The van der Waals surface area contributed by atoms with Crippen LogP contribution in [0.25, 0.3) is 0 Å². The lowest BCUT2D eigenvalue weighted by Crippen LogP contribution is -2.41. The van der Waals surface area contributed by atoms with Crippen molar-refractivity contribution in [2.24, 2.45) is 5.92 Å². The predicted molar refractivity (Wildman–Crippen MR) is 93.8 cm³/mol. The Labute approximate surface area is 139 Å². The van der Waals surface area contributed by atoms with Gasteiger partial charge in [0.05, 0.1) is 5.56 Å². The van der Waals surface area contributed by atoms with Crippen molar-refractivity contribution in [2.45, 2.75) is 26.2 Å². The number of hydrogen-bond donors (Lipinski definition) is 3. The molecule has 5 heteroatoms. The largest absolute Gasteiger partial charge is 0.396 e. The molecule has 0 aromatic heterocycles. The third-order valence-corrected chi connectivity index (χ3v) is 4.31. The number of amides is 1. The Morgan fingerprint density at radius 1 is 1.35 bits per heavy atom. The van der Waals surface area contributed by atoms with Gasteiger partial charge in [-0.3, -0.25) is 4.79 Å². The van der Waals surface area contributed by atoms with Crippen LogP contribution in [-0.4, -0.2) is 55.2 Å². The Morgan fingerprint density at radius 2 is 2.17 bits per heavy atom. The van der Waals surface area contributed by atoms with E-state index in [2.05, 4.69) is 22.5 Å². The van der Waals surface area contributed by atoms with Crippen molar-refractivity contribution < 1.29 is 9.90 Å². The van der Waals surface area contributed by atoms with Gasteiger partial charge in [0.1, 0.15) is 0 Å². The summed E-state index contributed by atoms with van der Waals surface area (Å²) in [6.45, 7) is 6.70. The van der Waals surface area contributed by atoms with Crippen molar-refractivity contribution in [3.63, 3.8) is 0 Å². The number of benzene rings is 1. The van der Waals surface area contributed by atoms with Crippen LogP contribution in [0.3, 0.4) is 0 Å². The first-order chi connectivity index (χ1) is 11.2. The molecule has 0 bridgehead atoms. The van der Waals surface area contributed by atoms with E-state index in [0.717, 1.165) is 51.1 Å². The summed E-state index contributed by atoms with van der Waals surface area (Å²) in [7, 11) is 0. The summed E-state index contributed by atoms with van der Waals surface area (Å²) in [5, 5.41) is 15.6. The fourth-order valence-electron chi connectivity index (χ4n) is 3.02. The number of para-hydroxylation sites is 1. The van der Waals surface area contributed by atoms with Crippen LogP contribution in [0.2, 0.25) is 0 Å². The fraction of sp³-hybridized carbons (Fsp3) is 0.611. The number of aliphatic hydroxyl groups excluding tert-OH is 1. The molecule has 1 atom stereocenters. The second-order valence-electron chi connectivity index (χ2n) is 6.22. The summed E-state index contributed by atoms with van der Waals surface area (Å²) < 4.78 is 0. The zero-order valence-electron chi connectivity index (χ0n) is 14.1. The summed E-state index contributed by atoms with van der Waals surface area (Å²) in [5.74, 6) is 0.360. The highest BCUT2D eigenvalue weighted by molar-refractivity contribution is 5.99. The molecule has 0 aliphatic carbocycles. The van der Waals surface area contributed by atoms with E-state index in [9.17, 15) is 9.90 Å². The van der Waals surface area contributed by atoms with Crippen molar-refractivity contribution in [1.82, 2.24) is 10.2 Å². The number of anilines is 1. The van der Waals surface area contributed by atoms with E-state index in [4.69, 9.17) is 0 Å². The minimum atomic E-state index is -0.0279. The van der Waals surface area contributed by atoms with Crippen LogP contribution in [0.1, 0.15) is 36.5 Å². The molecule has 1 aliphatic rings. The van der Waals surface area contributed by atoms with E-state index in [1.54, 1.807) is 0 Å². The molecule has 128 valence electrons. The molecule has 1 unspecified atom stereocenters. The molecular formula is C18H29N3O2. The SMILES string of the molecule is CCCNc1ccccc1C(=O)NCCN1CCCC(CO)C1. The highest BCUT2D eigenvalue weighted by Crippen LogP contribution is 2.16. The number of nitrogens with one attached hydrogen (secondary N) is 2. The topological polar surface area (TPSA) is 64.6 Å². The van der Waals surface area contributed by atoms with Gasteiger partial charge in [-0.1, -0.05) is 19.1 Å². The summed E-state index contributed by atoms with van der Waals surface area (Å²) in [5.41, 5.74) is 1.60. The number of piperidine rings is 1. The van der Waals surface area contributed by atoms with Crippen molar-refractivity contribution in [3.05, 3.63) is 29.8 Å². The molecule has 3 N–H and O–H groups in total. The smallest absolute Gasteiger partial charge is 0.253 e. The maximum atomic E-state index is 12.4. The third kappa shape index (κ3) is 5.52. The van der Waals surface area contributed by atoms with Crippen LogP contribution in [0.15, 0.2) is 24.3 Å². The molecule has 1 aliphatic heterocycles. The zero-order chi connectivity index (χ0) is 16.5. The Morgan fingerprint density at radius 3 is 2.96 bits per heavy atom. The van der Waals surface area contributed by atoms with Gasteiger partial charge in [0.2, 0.25) is 0 Å². The minimum Gasteiger partial charge on any atom is -0.396 e. The lowest BCUT2D eigenvalue weighted by molar-refractivity contribution is 0.0931. The van der Waals surface area contributed by atoms with Crippen LogP contribution in [0, 0.1) is 5.92 Å². The Balaban J connectivity index is 1.80. The average Bonchev–Trinajstić information content (AvgIpc) is 2.60. The zero-order valence-corrected chi connectivity index (χ0v) is 14.1. The highest BCUT2D eigenvalue weighted by Gasteiger charge is 2.19. The second kappa shape index (κ2) is 9.53. The van der Waals surface area contributed by atoms with Crippen LogP contribution < -0.4 is 10.6 Å². The highest BCUT2D eigenvalue weighted by atomic mass is 16.3. The van der Waals surface area contributed by atoms with Crippen molar-refractivity contribution in [1.29, 1.82) is 0 Å². The second-order valence-corrected chi connectivity index (χ2v) is 6.22. The lowest BCUT2D eigenvalue weighted by atomic mass is 9.99. The number of nitrogens with zero attached hydrogens (tertiary/aromatic N) is 1. The Bertz CT molecular complexity index is 493. The number of hydrogen-bond acceptors (Lipinski definition) is 4. The lowest BCUT2D eigenvalue weighted by Gasteiger charge is -2.31. The number of carbonyl (C=O) groups is 1. The molecule has 1 heterocycles. The molecule has 2 rings (SSSR count). The van der Waals surface area contributed by atoms with Gasteiger partial charge in [0.15, 0.2) is 0 Å². The maximum Gasteiger partial charge on any atom is 0.253 e. The summed E-state index contributed by atoms with van der Waals surface area (Å²) in [6.07, 6.45) is 3.26. The summed E-state index contributed by atoms with van der Waals surface area (Å²) >= 11 is 0. The van der Waals surface area contributed by atoms with Gasteiger partial charge in [-0.05, 0) is 43.9 Å². The van der Waals surface area contributed by atoms with Gasteiger partial charge in [-0.25, -0.2) is 0 Å². The molecule has 1 saturated heterocycles. The van der Waals surface area contributed by atoms with E-state index in [0.29, 0.717) is 18.0 Å². The molecule has 0 spiro atoms. The molecule has 0 radical (unpaired) electrons. The van der Waals surface area contributed by atoms with Gasteiger partial charge < -0.3 is 20.6 Å². The van der Waals surface area contributed by atoms with Crippen LogP contribution in [0.4, 0.5) is 5.69 Å². The summed E-state index contributed by atoms with van der Waals surface area (Å²) in [4.78, 5) is 14.7. The van der Waals surface area contributed by atoms with E-state index in [1.807, 2.05) is 24.3 Å². The Hall–Kier alpha value is -1.59. The predicted octanol–water partition coefficient (Wildman–Crippen LogP) is 1.94. The Kier molecular flexibility index (Phi) is 7.36. The van der Waals surface area contributed by atoms with E-state index in [1.165, 1.54) is 0 Å². The van der Waals surface area contributed by atoms with E-state index < -0.39 is 0 Å². The normalized spacial score (nSPS) is 18.6. The van der Waals surface area contributed by atoms with Crippen LogP contribution >= 0.6 is 0 Å². The quantitative estimate of drug-likeness (QED) is 0.685. The standard InChI is InChI=1S/C18H29N3O2/c1-2-9-19-17-8-4-3-7-16(17)18(23)20-10-12-21-11-5-6-15(13-21)14-22/h3-4,7-8,15,19,22H,2,5-6,9-14H2,1H3,(H,20,23). The molecular weight excluding hydrogens is 290 g/mol. The molecule has 1 amide bonds. The average molecular weight is 319 g/mol. The third-order valence-electron chi connectivity index (χ3n) is 4.31. The number of aliphatic hydroxyl groups is 1. The van der Waals surface area contributed by atoms with Gasteiger partial charge in [0, 0.05) is 38.5 Å². The monoisotopic (exact) mass is 319 g/mol. The maximum absolute atomic E-state index is 12.4. The van der Waals surface area contributed by atoms with Gasteiger partial charge in [-0.15, -0.1) is 0 Å². The van der Waals surface area contributed by atoms with E-state index in [-0.39, 0.29) is 12.5 Å². The number of likely N-dealkylation sites (tertiary alicyclic amines) is 1.